The van der Waals surface area contributed by atoms with Gasteiger partial charge in [-0.3, -0.25) is 4.90 Å². The first kappa shape index (κ1) is 20.0. The standard InChI is InChI=1S/C26H40N2O/c29-23-19-27-15-11-7-3-1-5-9-13-21-17-22-18-28-16-12-8-4-2-6-10-14-26(20-27,24(22)23)25(21)28/h1-2,5-6,17,22-25,29H,3-4,7-16,18-20H2/b5-1-,6-2-/t22-,23+,24+,25-,26-/m1/s1. The highest BCUT2D eigenvalue weighted by molar-refractivity contribution is 5.31. The Morgan fingerprint density at radius 1 is 0.862 bits per heavy atom. The Morgan fingerprint density at radius 2 is 1.62 bits per heavy atom. The van der Waals surface area contributed by atoms with E-state index in [1.54, 1.807) is 5.57 Å². The zero-order valence-electron chi connectivity index (χ0n) is 18.1. The zero-order valence-corrected chi connectivity index (χ0v) is 18.1. The molecule has 0 aromatic rings. The fraction of sp³-hybridized carbons (Fsp3) is 0.769. The molecule has 2 saturated heterocycles. The minimum Gasteiger partial charge on any atom is -0.391 e. The van der Waals surface area contributed by atoms with Gasteiger partial charge in [-0.05, 0) is 83.2 Å². The number of aliphatic hydroxyl groups is 1. The molecule has 3 nitrogen and oxygen atoms in total. The van der Waals surface area contributed by atoms with E-state index in [1.165, 1.54) is 83.8 Å². The summed E-state index contributed by atoms with van der Waals surface area (Å²) in [7, 11) is 0. The molecule has 160 valence electrons. The van der Waals surface area contributed by atoms with E-state index < -0.39 is 0 Å². The number of piperidine rings is 2. The molecule has 1 N–H and O–H groups in total. The number of nitrogens with zero attached hydrogens (tertiary/aromatic N) is 2. The van der Waals surface area contributed by atoms with E-state index in [1.807, 2.05) is 0 Å². The monoisotopic (exact) mass is 396 g/mol. The van der Waals surface area contributed by atoms with Crippen LogP contribution in [0, 0.1) is 17.3 Å². The van der Waals surface area contributed by atoms with Crippen molar-refractivity contribution in [2.75, 3.05) is 32.7 Å². The fourth-order valence-corrected chi connectivity index (χ4v) is 7.55. The molecule has 0 aromatic heterocycles. The third-order valence-electron chi connectivity index (χ3n) is 8.51. The Hall–Kier alpha value is -0.900. The van der Waals surface area contributed by atoms with E-state index in [2.05, 4.69) is 40.2 Å². The van der Waals surface area contributed by atoms with Crippen LogP contribution in [0.25, 0.3) is 0 Å². The van der Waals surface area contributed by atoms with Crippen molar-refractivity contribution in [3.8, 4) is 0 Å². The number of hydrogen-bond donors (Lipinski definition) is 1. The SMILES string of the molecule is O[C@H]1CN2CCCC/C=C\CCC3=C[C@@H]4CN5CCCC/C=C\CC[C@@](C2)([C@@H]41)[C@@H]35. The van der Waals surface area contributed by atoms with Gasteiger partial charge < -0.3 is 10.0 Å². The molecule has 0 saturated carbocycles. The summed E-state index contributed by atoms with van der Waals surface area (Å²) in [5.41, 5.74) is 1.94. The lowest BCUT2D eigenvalue weighted by molar-refractivity contribution is -0.160. The lowest BCUT2D eigenvalue weighted by Crippen LogP contribution is -2.72. The van der Waals surface area contributed by atoms with Crippen molar-refractivity contribution >= 4 is 0 Å². The van der Waals surface area contributed by atoms with Crippen LogP contribution >= 0.6 is 0 Å². The van der Waals surface area contributed by atoms with Crippen molar-refractivity contribution < 1.29 is 5.11 Å². The Morgan fingerprint density at radius 3 is 2.48 bits per heavy atom. The molecule has 29 heavy (non-hydrogen) atoms. The highest BCUT2D eigenvalue weighted by Gasteiger charge is 2.61. The van der Waals surface area contributed by atoms with Crippen LogP contribution in [-0.4, -0.2) is 59.8 Å². The summed E-state index contributed by atoms with van der Waals surface area (Å²) in [5, 5.41) is 11.4. The van der Waals surface area contributed by atoms with Crippen LogP contribution in [-0.2, 0) is 0 Å². The van der Waals surface area contributed by atoms with Crippen LogP contribution in [0.15, 0.2) is 36.0 Å². The Balaban J connectivity index is 1.57. The van der Waals surface area contributed by atoms with E-state index in [0.29, 0.717) is 17.9 Å². The predicted molar refractivity (Wildman–Crippen MR) is 120 cm³/mol. The average molecular weight is 397 g/mol. The molecule has 0 amide bonds. The van der Waals surface area contributed by atoms with Gasteiger partial charge in [0.05, 0.1) is 6.10 Å². The first-order valence-electron chi connectivity index (χ1n) is 12.4. The molecule has 6 aliphatic rings. The third-order valence-corrected chi connectivity index (χ3v) is 8.51. The Labute approximate surface area is 177 Å². The average Bonchev–Trinajstić information content (AvgIpc) is 2.73. The van der Waals surface area contributed by atoms with Crippen LogP contribution < -0.4 is 0 Å². The first-order valence-corrected chi connectivity index (χ1v) is 12.4. The van der Waals surface area contributed by atoms with Gasteiger partial charge in [-0.25, -0.2) is 0 Å². The summed E-state index contributed by atoms with van der Waals surface area (Å²) in [6.45, 7) is 5.68. The molecule has 7 atom stereocenters. The molecule has 6 rings (SSSR count). The summed E-state index contributed by atoms with van der Waals surface area (Å²) < 4.78 is 0. The number of fused-ring (bicyclic) bond motifs is 1. The Bertz CT molecular complexity index is 668. The number of aliphatic hydroxyl groups excluding tert-OH is 1. The molecule has 2 unspecified atom stereocenters. The van der Waals surface area contributed by atoms with Crippen molar-refractivity contribution in [3.63, 3.8) is 0 Å². The summed E-state index contributed by atoms with van der Waals surface area (Å²) in [5.74, 6) is 1.00. The zero-order chi connectivity index (χ0) is 19.7. The van der Waals surface area contributed by atoms with Gasteiger partial charge in [0.2, 0.25) is 0 Å². The molecule has 5 heterocycles. The van der Waals surface area contributed by atoms with Gasteiger partial charge in [0.25, 0.3) is 0 Å². The largest absolute Gasteiger partial charge is 0.391 e. The molecule has 1 aliphatic carbocycles. The maximum absolute atomic E-state index is 11.4. The normalized spacial score (nSPS) is 47.7. The molecule has 6 bridgehead atoms. The van der Waals surface area contributed by atoms with Gasteiger partial charge >= 0.3 is 0 Å². The van der Waals surface area contributed by atoms with Gasteiger partial charge in [0.15, 0.2) is 0 Å². The predicted octanol–water partition coefficient (Wildman–Crippen LogP) is 4.55. The van der Waals surface area contributed by atoms with Crippen molar-refractivity contribution in [3.05, 3.63) is 36.0 Å². The quantitative estimate of drug-likeness (QED) is 0.609. The van der Waals surface area contributed by atoms with Crippen molar-refractivity contribution in [1.82, 2.24) is 9.80 Å². The highest BCUT2D eigenvalue weighted by Crippen LogP contribution is 2.57. The van der Waals surface area contributed by atoms with E-state index >= 15 is 0 Å². The summed E-state index contributed by atoms with van der Waals surface area (Å²) in [6.07, 6.45) is 24.7. The number of allylic oxidation sites excluding steroid dienone is 4. The molecule has 0 aromatic carbocycles. The lowest BCUT2D eigenvalue weighted by atomic mass is 9.51. The van der Waals surface area contributed by atoms with Gasteiger partial charge in [-0.1, -0.05) is 36.0 Å². The van der Waals surface area contributed by atoms with Crippen LogP contribution in [0.2, 0.25) is 0 Å². The van der Waals surface area contributed by atoms with Gasteiger partial charge in [0, 0.05) is 37.0 Å². The van der Waals surface area contributed by atoms with Gasteiger partial charge in [-0.15, -0.1) is 0 Å². The first-order chi connectivity index (χ1) is 14.3. The van der Waals surface area contributed by atoms with Crippen molar-refractivity contribution in [1.29, 1.82) is 0 Å². The third kappa shape index (κ3) is 3.79. The van der Waals surface area contributed by atoms with Crippen LogP contribution in [0.5, 0.6) is 0 Å². The molecular weight excluding hydrogens is 356 g/mol. The van der Waals surface area contributed by atoms with Gasteiger partial charge in [0.1, 0.15) is 0 Å². The topological polar surface area (TPSA) is 26.7 Å². The molecular formula is C26H40N2O. The second kappa shape index (κ2) is 8.69. The van der Waals surface area contributed by atoms with Crippen molar-refractivity contribution in [2.45, 2.75) is 76.4 Å². The van der Waals surface area contributed by atoms with Crippen LogP contribution in [0.1, 0.15) is 64.2 Å². The smallest absolute Gasteiger partial charge is 0.0707 e. The molecule has 0 radical (unpaired) electrons. The van der Waals surface area contributed by atoms with Crippen molar-refractivity contribution in [2.24, 2.45) is 17.3 Å². The van der Waals surface area contributed by atoms with Gasteiger partial charge in [-0.2, -0.15) is 0 Å². The molecule has 2 fully saturated rings. The summed E-state index contributed by atoms with van der Waals surface area (Å²) >= 11 is 0. The maximum Gasteiger partial charge on any atom is 0.0707 e. The highest BCUT2D eigenvalue weighted by atomic mass is 16.3. The minimum atomic E-state index is -0.159. The molecule has 3 heteroatoms. The second-order valence-electron chi connectivity index (χ2n) is 10.4. The van der Waals surface area contributed by atoms with Crippen LogP contribution in [0.4, 0.5) is 0 Å². The summed E-state index contributed by atoms with van der Waals surface area (Å²) in [6, 6.07) is 0.551. The molecule has 1 spiro atoms. The van der Waals surface area contributed by atoms with E-state index in [9.17, 15) is 5.11 Å². The minimum absolute atomic E-state index is 0.159. The van der Waals surface area contributed by atoms with E-state index in [0.717, 1.165) is 13.1 Å². The maximum atomic E-state index is 11.4. The number of rotatable bonds is 0. The van der Waals surface area contributed by atoms with E-state index in [-0.39, 0.29) is 11.5 Å². The fourth-order valence-electron chi connectivity index (χ4n) is 7.55. The number of hydrogen-bond acceptors (Lipinski definition) is 3. The Kier molecular flexibility index (Phi) is 6.00. The second-order valence-corrected chi connectivity index (χ2v) is 10.4. The summed E-state index contributed by atoms with van der Waals surface area (Å²) in [4.78, 5) is 5.50. The molecule has 5 aliphatic heterocycles. The van der Waals surface area contributed by atoms with E-state index in [4.69, 9.17) is 0 Å². The van der Waals surface area contributed by atoms with Crippen LogP contribution in [0.3, 0.4) is 0 Å². The lowest BCUT2D eigenvalue weighted by Gasteiger charge is -2.65.